The lowest BCUT2D eigenvalue weighted by Crippen LogP contribution is -2.47. The SMILES string of the molecule is CCC(=O)N1CCC[C@H]1[C@H]1CCCN1Cc1ncc(C(C)(C)C)o1. The first-order valence-corrected chi connectivity index (χ1v) is 9.39. The first-order valence-electron chi connectivity index (χ1n) is 9.39. The van der Waals surface area contributed by atoms with Gasteiger partial charge in [-0.2, -0.15) is 0 Å². The van der Waals surface area contributed by atoms with Crippen molar-refractivity contribution in [3.63, 3.8) is 0 Å². The Morgan fingerprint density at radius 1 is 1.25 bits per heavy atom. The van der Waals surface area contributed by atoms with Gasteiger partial charge in [0.25, 0.3) is 0 Å². The van der Waals surface area contributed by atoms with Gasteiger partial charge in [-0.3, -0.25) is 9.69 Å². The van der Waals surface area contributed by atoms with Crippen molar-refractivity contribution in [1.29, 1.82) is 0 Å². The minimum atomic E-state index is -0.00847. The highest BCUT2D eigenvalue weighted by atomic mass is 16.4. The normalized spacial score (nSPS) is 25.6. The van der Waals surface area contributed by atoms with E-state index in [2.05, 4.69) is 35.6 Å². The van der Waals surface area contributed by atoms with Crippen molar-refractivity contribution in [2.24, 2.45) is 0 Å². The molecule has 2 fully saturated rings. The molecule has 5 heteroatoms. The van der Waals surface area contributed by atoms with Crippen LogP contribution in [-0.2, 0) is 16.8 Å². The van der Waals surface area contributed by atoms with Crippen molar-refractivity contribution in [1.82, 2.24) is 14.8 Å². The molecule has 0 spiro atoms. The zero-order valence-electron chi connectivity index (χ0n) is 15.5. The van der Waals surface area contributed by atoms with E-state index < -0.39 is 0 Å². The molecule has 1 aromatic rings. The summed E-state index contributed by atoms with van der Waals surface area (Å²) >= 11 is 0. The number of nitrogens with zero attached hydrogens (tertiary/aromatic N) is 3. The average Bonchev–Trinajstić information content (AvgIpc) is 3.25. The van der Waals surface area contributed by atoms with E-state index >= 15 is 0 Å². The molecule has 0 saturated carbocycles. The Labute approximate surface area is 145 Å². The third-order valence-electron chi connectivity index (χ3n) is 5.41. The zero-order chi connectivity index (χ0) is 17.3. The van der Waals surface area contributed by atoms with Crippen LogP contribution in [0.5, 0.6) is 0 Å². The number of rotatable bonds is 4. The fourth-order valence-electron chi connectivity index (χ4n) is 4.09. The molecule has 0 aromatic carbocycles. The van der Waals surface area contributed by atoms with E-state index in [4.69, 9.17) is 4.42 Å². The second kappa shape index (κ2) is 6.87. The number of likely N-dealkylation sites (tertiary alicyclic amines) is 2. The van der Waals surface area contributed by atoms with Gasteiger partial charge in [-0.15, -0.1) is 0 Å². The molecule has 2 aliphatic rings. The maximum absolute atomic E-state index is 12.2. The predicted molar refractivity (Wildman–Crippen MR) is 93.7 cm³/mol. The number of hydrogen-bond donors (Lipinski definition) is 0. The molecule has 5 nitrogen and oxygen atoms in total. The molecule has 1 aromatic heterocycles. The van der Waals surface area contributed by atoms with Crippen molar-refractivity contribution < 1.29 is 9.21 Å². The fourth-order valence-corrected chi connectivity index (χ4v) is 4.09. The summed E-state index contributed by atoms with van der Waals surface area (Å²) in [7, 11) is 0. The molecule has 0 radical (unpaired) electrons. The van der Waals surface area contributed by atoms with Gasteiger partial charge >= 0.3 is 0 Å². The van der Waals surface area contributed by atoms with Crippen LogP contribution in [0.3, 0.4) is 0 Å². The maximum Gasteiger partial charge on any atom is 0.222 e. The Kier molecular flexibility index (Phi) is 5.00. The molecule has 2 aliphatic heterocycles. The second-order valence-corrected chi connectivity index (χ2v) is 8.20. The van der Waals surface area contributed by atoms with Crippen LogP contribution in [0.25, 0.3) is 0 Å². The Balaban J connectivity index is 1.69. The van der Waals surface area contributed by atoms with Gasteiger partial charge in [0.2, 0.25) is 11.8 Å². The molecule has 3 rings (SSSR count). The molecule has 0 bridgehead atoms. The van der Waals surface area contributed by atoms with E-state index in [9.17, 15) is 4.79 Å². The van der Waals surface area contributed by atoms with Crippen LogP contribution >= 0.6 is 0 Å². The Morgan fingerprint density at radius 3 is 2.62 bits per heavy atom. The van der Waals surface area contributed by atoms with E-state index in [1.165, 1.54) is 12.8 Å². The van der Waals surface area contributed by atoms with Gasteiger partial charge in [-0.1, -0.05) is 27.7 Å². The summed E-state index contributed by atoms with van der Waals surface area (Å²) in [6, 6.07) is 0.824. The molecule has 2 atom stereocenters. The Bertz CT molecular complexity index is 575. The summed E-state index contributed by atoms with van der Waals surface area (Å²) in [5, 5.41) is 0. The van der Waals surface area contributed by atoms with Gasteiger partial charge in [0.15, 0.2) is 0 Å². The molecule has 24 heavy (non-hydrogen) atoms. The third kappa shape index (κ3) is 3.51. The number of carbonyl (C=O) groups is 1. The molecule has 134 valence electrons. The monoisotopic (exact) mass is 333 g/mol. The molecule has 0 aliphatic carbocycles. The van der Waals surface area contributed by atoms with E-state index in [0.29, 0.717) is 24.4 Å². The fraction of sp³-hybridized carbons (Fsp3) is 0.789. The Morgan fingerprint density at radius 2 is 1.96 bits per heavy atom. The van der Waals surface area contributed by atoms with Crippen molar-refractivity contribution in [3.8, 4) is 0 Å². The highest BCUT2D eigenvalue weighted by Crippen LogP contribution is 2.32. The van der Waals surface area contributed by atoms with Gasteiger partial charge in [-0.05, 0) is 32.2 Å². The molecule has 0 unspecified atom stereocenters. The maximum atomic E-state index is 12.2. The smallest absolute Gasteiger partial charge is 0.222 e. The third-order valence-corrected chi connectivity index (χ3v) is 5.41. The summed E-state index contributed by atoms with van der Waals surface area (Å²) in [6.45, 7) is 11.1. The van der Waals surface area contributed by atoms with Crippen molar-refractivity contribution in [2.45, 2.75) is 83.8 Å². The summed E-state index contributed by atoms with van der Waals surface area (Å²) in [6.07, 6.45) is 7.10. The van der Waals surface area contributed by atoms with Gasteiger partial charge < -0.3 is 9.32 Å². The van der Waals surface area contributed by atoms with E-state index in [0.717, 1.165) is 44.1 Å². The minimum absolute atomic E-state index is 0.00847. The van der Waals surface area contributed by atoms with Gasteiger partial charge in [-0.25, -0.2) is 4.98 Å². The van der Waals surface area contributed by atoms with Crippen LogP contribution in [0.2, 0.25) is 0 Å². The number of oxazole rings is 1. The highest BCUT2D eigenvalue weighted by Gasteiger charge is 2.39. The molecule has 2 saturated heterocycles. The minimum Gasteiger partial charge on any atom is -0.444 e. The lowest BCUT2D eigenvalue weighted by molar-refractivity contribution is -0.132. The van der Waals surface area contributed by atoms with Gasteiger partial charge in [0, 0.05) is 30.5 Å². The quantitative estimate of drug-likeness (QED) is 0.848. The second-order valence-electron chi connectivity index (χ2n) is 8.20. The molecular formula is C19H31N3O2. The standard InChI is InChI=1S/C19H31N3O2/c1-5-18(23)22-11-7-9-15(22)14-8-6-10-21(14)13-17-20-12-16(24-17)19(2,3)4/h12,14-15H,5-11,13H2,1-4H3/t14-,15+/m1/s1. The predicted octanol–water partition coefficient (Wildman–Crippen LogP) is 3.34. The summed E-state index contributed by atoms with van der Waals surface area (Å²) in [4.78, 5) is 21.3. The lowest BCUT2D eigenvalue weighted by Gasteiger charge is -2.34. The van der Waals surface area contributed by atoms with Crippen LogP contribution in [0.4, 0.5) is 0 Å². The van der Waals surface area contributed by atoms with Gasteiger partial charge in [0.1, 0.15) is 5.76 Å². The zero-order valence-corrected chi connectivity index (χ0v) is 15.5. The first-order chi connectivity index (χ1) is 11.4. The number of aromatic nitrogens is 1. The number of carbonyl (C=O) groups excluding carboxylic acids is 1. The molecule has 1 amide bonds. The number of amides is 1. The Hall–Kier alpha value is -1.36. The lowest BCUT2D eigenvalue weighted by atomic mass is 9.94. The first kappa shape index (κ1) is 17.5. The molecule has 3 heterocycles. The summed E-state index contributed by atoms with van der Waals surface area (Å²) in [5.41, 5.74) is -0.00847. The summed E-state index contributed by atoms with van der Waals surface area (Å²) < 4.78 is 5.98. The molecule has 0 N–H and O–H groups in total. The van der Waals surface area contributed by atoms with Crippen molar-refractivity contribution in [3.05, 3.63) is 17.8 Å². The summed E-state index contributed by atoms with van der Waals surface area (Å²) in [5.74, 6) is 2.05. The topological polar surface area (TPSA) is 49.6 Å². The van der Waals surface area contributed by atoms with Crippen LogP contribution in [0.1, 0.15) is 71.5 Å². The van der Waals surface area contributed by atoms with E-state index in [1.807, 2.05) is 13.1 Å². The van der Waals surface area contributed by atoms with Crippen LogP contribution in [0, 0.1) is 0 Å². The number of hydrogen-bond acceptors (Lipinski definition) is 4. The van der Waals surface area contributed by atoms with Crippen molar-refractivity contribution in [2.75, 3.05) is 13.1 Å². The van der Waals surface area contributed by atoms with Crippen LogP contribution in [0.15, 0.2) is 10.6 Å². The van der Waals surface area contributed by atoms with E-state index in [1.54, 1.807) is 0 Å². The largest absolute Gasteiger partial charge is 0.444 e. The van der Waals surface area contributed by atoms with Crippen LogP contribution < -0.4 is 0 Å². The average molecular weight is 333 g/mol. The molecular weight excluding hydrogens is 302 g/mol. The van der Waals surface area contributed by atoms with Gasteiger partial charge in [0.05, 0.1) is 12.7 Å². The van der Waals surface area contributed by atoms with Crippen molar-refractivity contribution >= 4 is 5.91 Å². The van der Waals surface area contributed by atoms with Crippen LogP contribution in [-0.4, -0.2) is 45.9 Å². The highest BCUT2D eigenvalue weighted by molar-refractivity contribution is 5.76. The van der Waals surface area contributed by atoms with E-state index in [-0.39, 0.29) is 5.41 Å².